The summed E-state index contributed by atoms with van der Waals surface area (Å²) in [6.45, 7) is 0. The number of nitrogens with one attached hydrogen (secondary N) is 5. The van der Waals surface area contributed by atoms with E-state index in [0.717, 1.165) is 12.8 Å². The van der Waals surface area contributed by atoms with Gasteiger partial charge in [-0.15, -0.1) is 0 Å². The first kappa shape index (κ1) is 18.2. The normalized spacial score (nSPS) is 12.6. The second-order valence-electron chi connectivity index (χ2n) is 6.19. The first-order valence-corrected chi connectivity index (χ1v) is 8.61. The Morgan fingerprint density at radius 3 is 2.07 bits per heavy atom. The van der Waals surface area contributed by atoms with Crippen LogP contribution in [0.4, 0.5) is 26.7 Å². The van der Waals surface area contributed by atoms with Crippen molar-refractivity contribution >= 4 is 35.0 Å². The Hall–Kier alpha value is -3.55. The van der Waals surface area contributed by atoms with Gasteiger partial charge in [-0.05, 0) is 55.3 Å². The van der Waals surface area contributed by atoms with Crippen LogP contribution in [-0.2, 0) is 0 Å². The molecule has 0 aromatic heterocycles. The summed E-state index contributed by atoms with van der Waals surface area (Å²) < 4.78 is 0. The van der Waals surface area contributed by atoms with E-state index < -0.39 is 0 Å². The van der Waals surface area contributed by atoms with Crippen LogP contribution >= 0.6 is 0 Å². The van der Waals surface area contributed by atoms with E-state index in [0.29, 0.717) is 22.6 Å². The zero-order chi connectivity index (χ0) is 19.2. The van der Waals surface area contributed by atoms with Crippen LogP contribution in [0.3, 0.4) is 0 Å². The average molecular weight is 367 g/mol. The van der Waals surface area contributed by atoms with Crippen molar-refractivity contribution in [1.29, 1.82) is 0 Å². The quantitative estimate of drug-likeness (QED) is 0.560. The maximum Gasteiger partial charge on any atom is 0.319 e. The van der Waals surface area contributed by atoms with E-state index in [1.807, 2.05) is 0 Å². The third-order valence-corrected chi connectivity index (χ3v) is 3.92. The van der Waals surface area contributed by atoms with E-state index in [1.54, 1.807) is 48.5 Å². The predicted octanol–water partition coefficient (Wildman–Crippen LogP) is 2.97. The SMILES string of the molecule is CNC(=O)Nc1ccc(NC(=O)c2cccc(NC(=O)NC3CC3)c2)cc1. The standard InChI is InChI=1S/C19H21N5O3/c1-20-18(26)22-14-7-5-13(6-8-14)21-17(25)12-3-2-4-16(11-12)24-19(27)23-15-9-10-15/h2-8,11,15H,9-10H2,1H3,(H,21,25)(H2,20,22,26)(H2,23,24,27). The van der Waals surface area contributed by atoms with Crippen molar-refractivity contribution in [3.63, 3.8) is 0 Å². The third kappa shape index (κ3) is 5.46. The third-order valence-electron chi connectivity index (χ3n) is 3.92. The highest BCUT2D eigenvalue weighted by atomic mass is 16.2. The molecule has 3 rings (SSSR count). The molecular formula is C19H21N5O3. The molecule has 27 heavy (non-hydrogen) atoms. The lowest BCUT2D eigenvalue weighted by Crippen LogP contribution is -2.30. The molecule has 0 unspecified atom stereocenters. The molecule has 0 spiro atoms. The van der Waals surface area contributed by atoms with E-state index >= 15 is 0 Å². The van der Waals surface area contributed by atoms with Gasteiger partial charge in [-0.25, -0.2) is 9.59 Å². The molecule has 5 N–H and O–H groups in total. The molecule has 1 aliphatic carbocycles. The first-order chi connectivity index (χ1) is 13.0. The van der Waals surface area contributed by atoms with Gasteiger partial charge in [0.2, 0.25) is 0 Å². The summed E-state index contributed by atoms with van der Waals surface area (Å²) >= 11 is 0. The maximum atomic E-state index is 12.4. The van der Waals surface area contributed by atoms with Gasteiger partial charge in [0.25, 0.3) is 5.91 Å². The highest BCUT2D eigenvalue weighted by Crippen LogP contribution is 2.19. The van der Waals surface area contributed by atoms with Crippen molar-refractivity contribution in [2.75, 3.05) is 23.0 Å². The Morgan fingerprint density at radius 1 is 0.815 bits per heavy atom. The fraction of sp³-hybridized carbons (Fsp3) is 0.211. The Labute approximate surface area is 156 Å². The second-order valence-corrected chi connectivity index (χ2v) is 6.19. The number of anilines is 3. The van der Waals surface area contributed by atoms with Crippen LogP contribution in [0.25, 0.3) is 0 Å². The van der Waals surface area contributed by atoms with E-state index in [4.69, 9.17) is 0 Å². The molecule has 0 saturated heterocycles. The van der Waals surface area contributed by atoms with Gasteiger partial charge in [0, 0.05) is 35.7 Å². The van der Waals surface area contributed by atoms with Crippen LogP contribution in [0.5, 0.6) is 0 Å². The van der Waals surface area contributed by atoms with Crippen LogP contribution in [0.1, 0.15) is 23.2 Å². The summed E-state index contributed by atoms with van der Waals surface area (Å²) in [5, 5.41) is 13.4. The van der Waals surface area contributed by atoms with Gasteiger partial charge in [0.1, 0.15) is 0 Å². The van der Waals surface area contributed by atoms with Gasteiger partial charge in [-0.1, -0.05) is 6.07 Å². The van der Waals surface area contributed by atoms with Crippen LogP contribution < -0.4 is 26.6 Å². The summed E-state index contributed by atoms with van der Waals surface area (Å²) in [5.41, 5.74) is 2.17. The summed E-state index contributed by atoms with van der Waals surface area (Å²) in [7, 11) is 1.53. The summed E-state index contributed by atoms with van der Waals surface area (Å²) in [4.78, 5) is 35.5. The molecule has 0 radical (unpaired) electrons. The van der Waals surface area contributed by atoms with Crippen molar-refractivity contribution < 1.29 is 14.4 Å². The largest absolute Gasteiger partial charge is 0.341 e. The smallest absolute Gasteiger partial charge is 0.319 e. The number of hydrogen-bond acceptors (Lipinski definition) is 3. The van der Waals surface area contributed by atoms with Gasteiger partial charge in [0.15, 0.2) is 0 Å². The van der Waals surface area contributed by atoms with Gasteiger partial charge in [0.05, 0.1) is 0 Å². The summed E-state index contributed by atoms with van der Waals surface area (Å²) in [6.07, 6.45) is 2.01. The second kappa shape index (κ2) is 8.22. The monoisotopic (exact) mass is 367 g/mol. The molecule has 140 valence electrons. The number of carbonyl (C=O) groups is 3. The van der Waals surface area contributed by atoms with E-state index in [2.05, 4.69) is 26.6 Å². The lowest BCUT2D eigenvalue weighted by Gasteiger charge is -2.10. The zero-order valence-electron chi connectivity index (χ0n) is 14.8. The number of carbonyl (C=O) groups excluding carboxylic acids is 3. The van der Waals surface area contributed by atoms with Crippen LogP contribution in [0, 0.1) is 0 Å². The van der Waals surface area contributed by atoms with Crippen LogP contribution in [-0.4, -0.2) is 31.1 Å². The average Bonchev–Trinajstić information content (AvgIpc) is 3.47. The topological polar surface area (TPSA) is 111 Å². The Balaban J connectivity index is 1.59. The molecule has 0 atom stereocenters. The minimum atomic E-state index is -0.318. The van der Waals surface area contributed by atoms with E-state index in [1.165, 1.54) is 7.05 Å². The van der Waals surface area contributed by atoms with Crippen LogP contribution in [0.2, 0.25) is 0 Å². The lowest BCUT2D eigenvalue weighted by atomic mass is 10.2. The number of rotatable bonds is 5. The van der Waals surface area contributed by atoms with Gasteiger partial charge in [-0.3, -0.25) is 4.79 Å². The molecule has 1 fully saturated rings. The molecule has 2 aromatic carbocycles. The molecule has 5 amide bonds. The highest BCUT2D eigenvalue weighted by molar-refractivity contribution is 6.05. The number of urea groups is 2. The van der Waals surface area contributed by atoms with Crippen molar-refractivity contribution in [1.82, 2.24) is 10.6 Å². The van der Waals surface area contributed by atoms with Gasteiger partial charge >= 0.3 is 12.1 Å². The number of hydrogen-bond donors (Lipinski definition) is 5. The molecule has 2 aromatic rings. The molecule has 1 aliphatic rings. The molecule has 1 saturated carbocycles. The minimum Gasteiger partial charge on any atom is -0.341 e. The fourth-order valence-corrected chi connectivity index (χ4v) is 2.35. The molecule has 8 heteroatoms. The molecule has 0 heterocycles. The summed E-state index contributed by atoms with van der Waals surface area (Å²) in [5.74, 6) is -0.298. The van der Waals surface area contributed by atoms with Crippen molar-refractivity contribution in [3.05, 3.63) is 54.1 Å². The predicted molar refractivity (Wildman–Crippen MR) is 104 cm³/mol. The molecular weight excluding hydrogens is 346 g/mol. The van der Waals surface area contributed by atoms with Crippen molar-refractivity contribution in [3.8, 4) is 0 Å². The Morgan fingerprint density at radius 2 is 1.44 bits per heavy atom. The Kier molecular flexibility index (Phi) is 5.55. The molecule has 0 aliphatic heterocycles. The van der Waals surface area contributed by atoms with E-state index in [-0.39, 0.29) is 24.0 Å². The number of benzene rings is 2. The molecule has 8 nitrogen and oxygen atoms in total. The van der Waals surface area contributed by atoms with Crippen molar-refractivity contribution in [2.24, 2.45) is 0 Å². The zero-order valence-corrected chi connectivity index (χ0v) is 14.8. The Bertz CT molecular complexity index is 847. The van der Waals surface area contributed by atoms with E-state index in [9.17, 15) is 14.4 Å². The minimum absolute atomic E-state index is 0.261. The van der Waals surface area contributed by atoms with Gasteiger partial charge < -0.3 is 26.6 Å². The molecule has 0 bridgehead atoms. The van der Waals surface area contributed by atoms with Crippen molar-refractivity contribution in [2.45, 2.75) is 18.9 Å². The first-order valence-electron chi connectivity index (χ1n) is 8.61. The highest BCUT2D eigenvalue weighted by Gasteiger charge is 2.23. The van der Waals surface area contributed by atoms with Crippen LogP contribution in [0.15, 0.2) is 48.5 Å². The number of amides is 5. The van der Waals surface area contributed by atoms with Gasteiger partial charge in [-0.2, -0.15) is 0 Å². The fourth-order valence-electron chi connectivity index (χ4n) is 2.35. The summed E-state index contributed by atoms with van der Waals surface area (Å²) in [6, 6.07) is 13.1. The lowest BCUT2D eigenvalue weighted by molar-refractivity contribution is 0.102. The maximum absolute atomic E-state index is 12.4.